The molecule has 2 atom stereocenters. The molecule has 0 aromatic carbocycles. The summed E-state index contributed by atoms with van der Waals surface area (Å²) in [5.41, 5.74) is 8.42. The average molecular weight is 221 g/mol. The van der Waals surface area contributed by atoms with Crippen LogP contribution in [0.3, 0.4) is 0 Å². The molecule has 88 valence electrons. The van der Waals surface area contributed by atoms with Crippen LogP contribution >= 0.6 is 0 Å². The molecule has 1 aliphatic heterocycles. The van der Waals surface area contributed by atoms with Gasteiger partial charge in [0.2, 0.25) is 0 Å². The van der Waals surface area contributed by atoms with Gasteiger partial charge in [-0.3, -0.25) is 4.79 Å². The first-order valence-corrected chi connectivity index (χ1v) is 6.26. The number of fused-ring (bicyclic) bond motifs is 3. The first-order valence-electron chi connectivity index (χ1n) is 6.26. The minimum atomic E-state index is -0.138. The summed E-state index contributed by atoms with van der Waals surface area (Å²) in [6.07, 6.45) is 8.63. The highest BCUT2D eigenvalue weighted by Gasteiger charge is 2.28. The highest BCUT2D eigenvalue weighted by atomic mass is 16.2. The summed E-state index contributed by atoms with van der Waals surface area (Å²) < 4.78 is 0. The molecule has 2 fully saturated rings. The number of hydrogen-bond acceptors (Lipinski definition) is 1. The summed E-state index contributed by atoms with van der Waals surface area (Å²) in [4.78, 5) is 16.4. The van der Waals surface area contributed by atoms with Gasteiger partial charge in [-0.1, -0.05) is 12.8 Å². The number of carbonyl (C=O) groups excluding carboxylic acids is 1. The molecule has 0 radical (unpaired) electrons. The van der Waals surface area contributed by atoms with E-state index in [2.05, 4.69) is 4.79 Å². The average Bonchev–Trinajstić information content (AvgIpc) is 2.37. The second kappa shape index (κ2) is 5.26. The number of carbonyl (C=O) groups is 1. The van der Waals surface area contributed by atoms with Crippen molar-refractivity contribution < 1.29 is 9.58 Å². The van der Waals surface area contributed by atoms with Crippen LogP contribution in [-0.4, -0.2) is 34.9 Å². The molecule has 1 aliphatic carbocycles. The number of likely N-dealkylation sites (tertiary alicyclic amines) is 1. The van der Waals surface area contributed by atoms with Crippen molar-refractivity contribution >= 4 is 12.1 Å². The molecule has 2 bridgehead atoms. The summed E-state index contributed by atoms with van der Waals surface area (Å²) in [6.45, 7) is 1.70. The van der Waals surface area contributed by atoms with Crippen molar-refractivity contribution in [1.29, 1.82) is 0 Å². The zero-order valence-corrected chi connectivity index (χ0v) is 9.64. The topological polar surface area (TPSA) is 56.7 Å². The molecule has 2 unspecified atom stereocenters. The Morgan fingerprint density at radius 2 is 1.69 bits per heavy atom. The Kier molecular flexibility index (Phi) is 3.73. The van der Waals surface area contributed by atoms with Gasteiger partial charge in [0, 0.05) is 13.1 Å². The molecular formula is C12H19N3O. The summed E-state index contributed by atoms with van der Waals surface area (Å²) >= 11 is 0. The smallest absolute Gasteiger partial charge is 0.344 e. The van der Waals surface area contributed by atoms with Crippen LogP contribution in [0.15, 0.2) is 0 Å². The van der Waals surface area contributed by atoms with E-state index >= 15 is 0 Å². The van der Waals surface area contributed by atoms with Gasteiger partial charge in [0.1, 0.15) is 0 Å². The lowest BCUT2D eigenvalue weighted by Crippen LogP contribution is -2.37. The van der Waals surface area contributed by atoms with Gasteiger partial charge < -0.3 is 10.4 Å². The Bertz CT molecular complexity index is 293. The summed E-state index contributed by atoms with van der Waals surface area (Å²) in [5.74, 6) is 1.17. The van der Waals surface area contributed by atoms with Crippen LogP contribution in [0.4, 0.5) is 0 Å². The number of hydrogen-bond donors (Lipinski definition) is 0. The van der Waals surface area contributed by atoms with Crippen molar-refractivity contribution in [2.45, 2.75) is 38.5 Å². The van der Waals surface area contributed by atoms with Crippen LogP contribution in [-0.2, 0) is 4.79 Å². The predicted octanol–water partition coefficient (Wildman–Crippen LogP) is 1.72. The van der Waals surface area contributed by atoms with Crippen LogP contribution < -0.4 is 0 Å². The van der Waals surface area contributed by atoms with Crippen molar-refractivity contribution in [2.75, 3.05) is 13.1 Å². The van der Waals surface area contributed by atoms with Gasteiger partial charge in [0.25, 0.3) is 0 Å². The minimum Gasteiger partial charge on any atom is -0.361 e. The highest BCUT2D eigenvalue weighted by molar-refractivity contribution is 6.23. The molecule has 1 heterocycles. The summed E-state index contributed by atoms with van der Waals surface area (Å²) in [6, 6.07) is 0. The van der Waals surface area contributed by atoms with Gasteiger partial charge in [-0.05, 0) is 37.5 Å². The monoisotopic (exact) mass is 221 g/mol. The maximum atomic E-state index is 11.7. The molecular weight excluding hydrogens is 202 g/mol. The molecule has 2 aliphatic rings. The first kappa shape index (κ1) is 11.3. The van der Waals surface area contributed by atoms with Gasteiger partial charge in [-0.25, -0.2) is 0 Å². The minimum absolute atomic E-state index is 0.138. The molecule has 0 N–H and O–H groups in total. The fourth-order valence-electron chi connectivity index (χ4n) is 3.00. The van der Waals surface area contributed by atoms with Gasteiger partial charge >= 0.3 is 12.1 Å². The Balaban J connectivity index is 2.09. The van der Waals surface area contributed by atoms with Crippen molar-refractivity contribution in [3.8, 4) is 0 Å². The van der Waals surface area contributed by atoms with E-state index in [0.29, 0.717) is 11.8 Å². The molecule has 4 heteroatoms. The fraction of sp³-hybridized carbons (Fsp3) is 0.833. The number of rotatable bonds is 1. The normalized spacial score (nSPS) is 29.9. The molecule has 1 saturated carbocycles. The number of nitrogens with zero attached hydrogens (tertiary/aromatic N) is 3. The maximum Gasteiger partial charge on any atom is 0.344 e. The Morgan fingerprint density at radius 3 is 2.19 bits per heavy atom. The van der Waals surface area contributed by atoms with Crippen LogP contribution in [0, 0.1) is 11.8 Å². The fourth-order valence-corrected chi connectivity index (χ4v) is 3.00. The number of amides is 1. The molecule has 0 aromatic rings. The van der Waals surface area contributed by atoms with Crippen molar-refractivity contribution in [3.63, 3.8) is 0 Å². The second-order valence-electron chi connectivity index (χ2n) is 5.08. The van der Waals surface area contributed by atoms with E-state index in [9.17, 15) is 4.79 Å². The van der Waals surface area contributed by atoms with Gasteiger partial charge in [-0.2, -0.15) is 4.79 Å². The molecule has 0 aromatic heterocycles. The van der Waals surface area contributed by atoms with E-state index < -0.39 is 0 Å². The highest BCUT2D eigenvalue weighted by Crippen LogP contribution is 2.30. The second-order valence-corrected chi connectivity index (χ2v) is 5.08. The first-order chi connectivity index (χ1) is 7.79. The SMILES string of the molecule is [N-]=[N+]=CC(=O)N1CC2CCCCC(CC2)C1. The predicted molar refractivity (Wildman–Crippen MR) is 60.9 cm³/mol. The Morgan fingerprint density at radius 1 is 1.12 bits per heavy atom. The third-order valence-electron chi connectivity index (χ3n) is 3.89. The van der Waals surface area contributed by atoms with Gasteiger partial charge in [0.15, 0.2) is 0 Å². The molecule has 16 heavy (non-hydrogen) atoms. The Labute approximate surface area is 96.2 Å². The van der Waals surface area contributed by atoms with E-state index in [-0.39, 0.29) is 5.91 Å². The molecule has 1 amide bonds. The molecule has 0 spiro atoms. The van der Waals surface area contributed by atoms with Crippen LogP contribution in [0.1, 0.15) is 38.5 Å². The maximum absolute atomic E-state index is 11.7. The van der Waals surface area contributed by atoms with Crippen molar-refractivity contribution in [1.82, 2.24) is 4.90 Å². The molecule has 4 nitrogen and oxygen atoms in total. The third kappa shape index (κ3) is 2.70. The van der Waals surface area contributed by atoms with Gasteiger partial charge in [0.05, 0.1) is 0 Å². The lowest BCUT2D eigenvalue weighted by atomic mass is 9.87. The lowest BCUT2D eigenvalue weighted by molar-refractivity contribution is -0.128. The lowest BCUT2D eigenvalue weighted by Gasteiger charge is -2.21. The van der Waals surface area contributed by atoms with E-state index in [1.165, 1.54) is 38.5 Å². The molecule has 1 saturated heterocycles. The van der Waals surface area contributed by atoms with Crippen LogP contribution in [0.5, 0.6) is 0 Å². The van der Waals surface area contributed by atoms with Crippen molar-refractivity contribution in [2.24, 2.45) is 11.8 Å². The van der Waals surface area contributed by atoms with Crippen LogP contribution in [0.2, 0.25) is 0 Å². The van der Waals surface area contributed by atoms with E-state index in [1.54, 1.807) is 0 Å². The molecule has 2 rings (SSSR count). The third-order valence-corrected chi connectivity index (χ3v) is 3.89. The Hall–Kier alpha value is -1.15. The van der Waals surface area contributed by atoms with Crippen molar-refractivity contribution in [3.05, 3.63) is 5.53 Å². The standard InChI is InChI=1S/C12H19N3O/c13-14-7-12(16)15-8-10-3-1-2-4-11(9-15)6-5-10/h7,10-11H,1-6,8-9H2. The van der Waals surface area contributed by atoms with E-state index in [4.69, 9.17) is 5.53 Å². The van der Waals surface area contributed by atoms with E-state index in [0.717, 1.165) is 19.3 Å². The quantitative estimate of drug-likeness (QED) is 0.378. The zero-order valence-electron chi connectivity index (χ0n) is 9.64. The van der Waals surface area contributed by atoms with Crippen LogP contribution in [0.25, 0.3) is 5.53 Å². The van der Waals surface area contributed by atoms with E-state index in [1.807, 2.05) is 4.90 Å². The largest absolute Gasteiger partial charge is 0.361 e. The summed E-state index contributed by atoms with van der Waals surface area (Å²) in [5, 5.41) is 0. The zero-order chi connectivity index (χ0) is 11.4. The van der Waals surface area contributed by atoms with Gasteiger partial charge in [-0.15, -0.1) is 0 Å². The summed E-state index contributed by atoms with van der Waals surface area (Å²) in [7, 11) is 0.